The van der Waals surface area contributed by atoms with Crippen LogP contribution in [0.5, 0.6) is 5.75 Å². The monoisotopic (exact) mass is 394 g/mol. The van der Waals surface area contributed by atoms with Gasteiger partial charge in [-0.2, -0.15) is 4.31 Å². The Morgan fingerprint density at radius 3 is 2.41 bits per heavy atom. The van der Waals surface area contributed by atoms with Crippen molar-refractivity contribution in [3.63, 3.8) is 0 Å². The predicted molar refractivity (Wildman–Crippen MR) is 102 cm³/mol. The second-order valence-corrected chi connectivity index (χ2v) is 7.80. The Labute approximate surface area is 159 Å². The molecule has 0 aliphatic heterocycles. The first-order chi connectivity index (χ1) is 12.7. The lowest BCUT2D eigenvalue weighted by atomic mass is 10.1. The molecule has 0 spiro atoms. The lowest BCUT2D eigenvalue weighted by Crippen LogP contribution is -2.30. The molecule has 0 atom stereocenters. The zero-order chi connectivity index (χ0) is 20.2. The number of hydrogen-bond acceptors (Lipinski definition) is 4. The van der Waals surface area contributed by atoms with Crippen LogP contribution in [0.4, 0.5) is 10.1 Å². The Hall–Kier alpha value is -2.45. The van der Waals surface area contributed by atoms with E-state index in [1.54, 1.807) is 26.8 Å². The van der Waals surface area contributed by atoms with Gasteiger partial charge < -0.3 is 10.1 Å². The summed E-state index contributed by atoms with van der Waals surface area (Å²) < 4.78 is 45.4. The molecule has 2 rings (SSSR count). The van der Waals surface area contributed by atoms with Crippen LogP contribution in [0.15, 0.2) is 41.3 Å². The van der Waals surface area contributed by atoms with Crippen molar-refractivity contribution in [3.05, 3.63) is 53.3 Å². The van der Waals surface area contributed by atoms with E-state index in [9.17, 15) is 17.6 Å². The maximum atomic E-state index is 13.5. The van der Waals surface area contributed by atoms with Crippen LogP contribution in [0.1, 0.15) is 29.8 Å². The number of benzene rings is 2. The van der Waals surface area contributed by atoms with Crippen LogP contribution in [-0.4, -0.2) is 38.8 Å². The first-order valence-corrected chi connectivity index (χ1v) is 9.94. The molecule has 1 N–H and O–H groups in total. The van der Waals surface area contributed by atoms with Gasteiger partial charge in [-0.05, 0) is 42.8 Å². The van der Waals surface area contributed by atoms with E-state index < -0.39 is 21.7 Å². The number of anilines is 1. The van der Waals surface area contributed by atoms with Crippen LogP contribution in [0, 0.1) is 12.7 Å². The molecule has 0 saturated heterocycles. The highest BCUT2D eigenvalue weighted by atomic mass is 32.2. The summed E-state index contributed by atoms with van der Waals surface area (Å²) in [7, 11) is -2.35. The molecule has 0 aliphatic carbocycles. The van der Waals surface area contributed by atoms with Crippen molar-refractivity contribution in [3.8, 4) is 5.75 Å². The predicted octanol–water partition coefficient (Wildman–Crippen LogP) is 3.43. The highest BCUT2D eigenvalue weighted by molar-refractivity contribution is 7.89. The van der Waals surface area contributed by atoms with E-state index in [-0.39, 0.29) is 16.2 Å². The number of carbonyl (C=O) groups is 1. The maximum absolute atomic E-state index is 13.5. The molecular weight excluding hydrogens is 371 g/mol. The molecule has 8 heteroatoms. The van der Waals surface area contributed by atoms with E-state index in [4.69, 9.17) is 4.74 Å². The molecule has 0 aliphatic rings. The summed E-state index contributed by atoms with van der Waals surface area (Å²) in [5, 5.41) is 2.61. The van der Waals surface area contributed by atoms with E-state index in [2.05, 4.69) is 5.32 Å². The maximum Gasteiger partial charge on any atom is 0.259 e. The minimum atomic E-state index is -3.73. The number of nitrogens with zero attached hydrogens (tertiary/aromatic N) is 1. The van der Waals surface area contributed by atoms with Crippen molar-refractivity contribution < 1.29 is 22.3 Å². The third-order valence-corrected chi connectivity index (χ3v) is 6.25. The van der Waals surface area contributed by atoms with Crippen molar-refractivity contribution in [2.75, 3.05) is 25.5 Å². The highest BCUT2D eigenvalue weighted by Crippen LogP contribution is 2.26. The van der Waals surface area contributed by atoms with Gasteiger partial charge in [-0.25, -0.2) is 12.8 Å². The molecule has 1 amide bonds. The number of ether oxygens (including phenoxy) is 1. The lowest BCUT2D eigenvalue weighted by Gasteiger charge is -2.19. The van der Waals surface area contributed by atoms with E-state index in [0.29, 0.717) is 24.3 Å². The quantitative estimate of drug-likeness (QED) is 0.781. The highest BCUT2D eigenvalue weighted by Gasteiger charge is 2.24. The standard InChI is InChI=1S/C19H23FN2O4S/c1-5-22(6-2)27(24,25)15-9-10-18(26-4)16(12-15)19(23)21-17-11-14(20)8-7-13(17)3/h7-12H,5-6H2,1-4H3,(H,21,23). The Bertz CT molecular complexity index is 941. The molecule has 146 valence electrons. The molecule has 0 radical (unpaired) electrons. The molecule has 27 heavy (non-hydrogen) atoms. The van der Waals surface area contributed by atoms with Crippen molar-refractivity contribution in [2.24, 2.45) is 0 Å². The molecule has 0 bridgehead atoms. The van der Waals surface area contributed by atoms with E-state index in [0.717, 1.165) is 0 Å². The average Bonchev–Trinajstić information content (AvgIpc) is 2.64. The van der Waals surface area contributed by atoms with Gasteiger partial charge in [0.2, 0.25) is 10.0 Å². The van der Waals surface area contributed by atoms with Gasteiger partial charge >= 0.3 is 0 Å². The largest absolute Gasteiger partial charge is 0.496 e. The van der Waals surface area contributed by atoms with Gasteiger partial charge in [0.05, 0.1) is 17.6 Å². The van der Waals surface area contributed by atoms with Gasteiger partial charge in [0.15, 0.2) is 0 Å². The SMILES string of the molecule is CCN(CC)S(=O)(=O)c1ccc(OC)c(C(=O)Nc2cc(F)ccc2C)c1. The normalized spacial score (nSPS) is 11.5. The van der Waals surface area contributed by atoms with E-state index in [1.165, 1.54) is 41.7 Å². The molecule has 0 saturated carbocycles. The van der Waals surface area contributed by atoms with Crippen molar-refractivity contribution >= 4 is 21.6 Å². The number of methoxy groups -OCH3 is 1. The third-order valence-electron chi connectivity index (χ3n) is 4.21. The van der Waals surface area contributed by atoms with Gasteiger partial charge in [0.25, 0.3) is 5.91 Å². The number of aryl methyl sites for hydroxylation is 1. The summed E-state index contributed by atoms with van der Waals surface area (Å²) in [6.07, 6.45) is 0. The summed E-state index contributed by atoms with van der Waals surface area (Å²) in [6.45, 7) is 5.84. The van der Waals surface area contributed by atoms with E-state index >= 15 is 0 Å². The number of hydrogen-bond donors (Lipinski definition) is 1. The fourth-order valence-corrected chi connectivity index (χ4v) is 4.14. The van der Waals surface area contributed by atoms with Gasteiger partial charge in [0.1, 0.15) is 11.6 Å². The van der Waals surface area contributed by atoms with E-state index in [1.807, 2.05) is 0 Å². The van der Waals surface area contributed by atoms with Gasteiger partial charge in [-0.3, -0.25) is 4.79 Å². The Kier molecular flexibility index (Phi) is 6.56. The average molecular weight is 394 g/mol. The van der Waals surface area contributed by atoms with Gasteiger partial charge in [-0.1, -0.05) is 19.9 Å². The van der Waals surface area contributed by atoms with Gasteiger partial charge in [0, 0.05) is 18.8 Å². The van der Waals surface area contributed by atoms with Crippen LogP contribution in [0.25, 0.3) is 0 Å². The van der Waals surface area contributed by atoms with Crippen LogP contribution >= 0.6 is 0 Å². The van der Waals surface area contributed by atoms with Crippen LogP contribution < -0.4 is 10.1 Å². The second-order valence-electron chi connectivity index (χ2n) is 5.86. The molecule has 0 unspecified atom stereocenters. The Balaban J connectivity index is 2.46. The van der Waals surface area contributed by atoms with Crippen LogP contribution in [-0.2, 0) is 10.0 Å². The molecule has 6 nitrogen and oxygen atoms in total. The molecule has 0 fully saturated rings. The van der Waals surface area contributed by atoms with Crippen LogP contribution in [0.3, 0.4) is 0 Å². The van der Waals surface area contributed by atoms with Crippen molar-refractivity contribution in [1.82, 2.24) is 4.31 Å². The fourth-order valence-electron chi connectivity index (χ4n) is 2.66. The Morgan fingerprint density at radius 2 is 1.81 bits per heavy atom. The summed E-state index contributed by atoms with van der Waals surface area (Å²) in [6, 6.07) is 8.15. The molecular formula is C19H23FN2O4S. The number of amides is 1. The smallest absolute Gasteiger partial charge is 0.259 e. The van der Waals surface area contributed by atoms with Crippen molar-refractivity contribution in [2.45, 2.75) is 25.7 Å². The summed E-state index contributed by atoms with van der Waals surface area (Å²) in [4.78, 5) is 12.7. The third kappa shape index (κ3) is 4.45. The van der Waals surface area contributed by atoms with Crippen molar-refractivity contribution in [1.29, 1.82) is 0 Å². The lowest BCUT2D eigenvalue weighted by molar-refractivity contribution is 0.102. The fraction of sp³-hybridized carbons (Fsp3) is 0.316. The number of rotatable bonds is 7. The minimum absolute atomic E-state index is 0.00638. The number of halogens is 1. The first-order valence-electron chi connectivity index (χ1n) is 8.50. The molecule has 0 aromatic heterocycles. The molecule has 0 heterocycles. The minimum Gasteiger partial charge on any atom is -0.496 e. The zero-order valence-electron chi connectivity index (χ0n) is 15.7. The topological polar surface area (TPSA) is 75.7 Å². The summed E-state index contributed by atoms with van der Waals surface area (Å²) in [5.74, 6) is -0.849. The summed E-state index contributed by atoms with van der Waals surface area (Å²) in [5.41, 5.74) is 1.03. The van der Waals surface area contributed by atoms with Gasteiger partial charge in [-0.15, -0.1) is 0 Å². The first kappa shape index (κ1) is 20.9. The Morgan fingerprint density at radius 1 is 1.15 bits per heavy atom. The number of nitrogens with one attached hydrogen (secondary N) is 1. The number of carbonyl (C=O) groups excluding carboxylic acids is 1. The van der Waals surface area contributed by atoms with Crippen LogP contribution in [0.2, 0.25) is 0 Å². The second kappa shape index (κ2) is 8.49. The zero-order valence-corrected chi connectivity index (χ0v) is 16.6. The summed E-state index contributed by atoms with van der Waals surface area (Å²) >= 11 is 0. The molecule has 2 aromatic carbocycles. The molecule has 2 aromatic rings. The number of sulfonamides is 1.